The molecule has 1 unspecified atom stereocenters. The molecule has 0 aliphatic carbocycles. The molecule has 3 aromatic heterocycles. The van der Waals surface area contributed by atoms with Gasteiger partial charge in [-0.05, 0) is 54.8 Å². The van der Waals surface area contributed by atoms with Crippen molar-refractivity contribution in [2.45, 2.75) is 31.7 Å². The second kappa shape index (κ2) is 12.7. The molecular formula is C32H32F3N5O4. The highest BCUT2D eigenvalue weighted by Gasteiger charge is 2.38. The number of aliphatic carboxylic acids is 1. The second-order valence-corrected chi connectivity index (χ2v) is 10.4. The molecule has 0 fully saturated rings. The number of rotatable bonds is 7. The van der Waals surface area contributed by atoms with Gasteiger partial charge in [0.2, 0.25) is 5.88 Å². The van der Waals surface area contributed by atoms with Crippen molar-refractivity contribution in [1.82, 2.24) is 19.5 Å². The predicted molar refractivity (Wildman–Crippen MR) is 161 cm³/mol. The monoisotopic (exact) mass is 607 g/mol. The van der Waals surface area contributed by atoms with Crippen LogP contribution in [0.15, 0.2) is 85.6 Å². The van der Waals surface area contributed by atoms with Crippen LogP contribution in [-0.4, -0.2) is 62.1 Å². The molecule has 5 rings (SSSR count). The van der Waals surface area contributed by atoms with Crippen LogP contribution >= 0.6 is 0 Å². The number of ether oxygens (including phenoxy) is 1. The Kier molecular flexibility index (Phi) is 9.24. The number of hydrogen-bond donors (Lipinski definition) is 2. The SMILES string of the molecule is CC(C)Oc1nc2ccc(C(O)(c3ccncc3)c3cncn3C)cc2c(N(C)C)c1-c1ccccc1.O=C(O)C(F)(F)F. The first-order valence-electron chi connectivity index (χ1n) is 13.5. The zero-order valence-corrected chi connectivity index (χ0v) is 24.7. The van der Waals surface area contributed by atoms with Crippen molar-refractivity contribution in [3.05, 3.63) is 102 Å². The summed E-state index contributed by atoms with van der Waals surface area (Å²) >= 11 is 0. The summed E-state index contributed by atoms with van der Waals surface area (Å²) in [6, 6.07) is 19.7. The molecule has 2 aromatic carbocycles. The Bertz CT molecular complexity index is 1740. The fourth-order valence-electron chi connectivity index (χ4n) is 4.85. The van der Waals surface area contributed by atoms with E-state index in [1.807, 2.05) is 88.1 Å². The third-order valence-corrected chi connectivity index (χ3v) is 6.73. The quantitative estimate of drug-likeness (QED) is 0.239. The largest absolute Gasteiger partial charge is 0.490 e. The van der Waals surface area contributed by atoms with Crippen LogP contribution in [0.25, 0.3) is 22.0 Å². The molecule has 230 valence electrons. The van der Waals surface area contributed by atoms with Crippen molar-refractivity contribution >= 4 is 22.6 Å². The topological polar surface area (TPSA) is 114 Å². The minimum Gasteiger partial charge on any atom is -0.475 e. The smallest absolute Gasteiger partial charge is 0.475 e. The molecule has 1 atom stereocenters. The summed E-state index contributed by atoms with van der Waals surface area (Å²) in [5.74, 6) is -2.17. The molecule has 0 amide bonds. The van der Waals surface area contributed by atoms with Gasteiger partial charge in [0.25, 0.3) is 0 Å². The van der Waals surface area contributed by atoms with Crippen LogP contribution in [0, 0.1) is 0 Å². The number of hydrogen-bond acceptors (Lipinski definition) is 7. The zero-order valence-electron chi connectivity index (χ0n) is 24.7. The maximum atomic E-state index is 12.4. The number of benzene rings is 2. The molecule has 0 aliphatic rings. The lowest BCUT2D eigenvalue weighted by atomic mass is 9.83. The van der Waals surface area contributed by atoms with Gasteiger partial charge in [0, 0.05) is 38.9 Å². The lowest BCUT2D eigenvalue weighted by Crippen LogP contribution is -2.31. The van der Waals surface area contributed by atoms with E-state index in [1.165, 1.54) is 0 Å². The predicted octanol–water partition coefficient (Wildman–Crippen LogP) is 5.80. The van der Waals surface area contributed by atoms with Crippen LogP contribution in [0.1, 0.15) is 30.7 Å². The average molecular weight is 608 g/mol. The molecule has 5 aromatic rings. The summed E-state index contributed by atoms with van der Waals surface area (Å²) < 4.78 is 39.8. The average Bonchev–Trinajstić information content (AvgIpc) is 3.42. The van der Waals surface area contributed by atoms with Crippen molar-refractivity contribution in [3.63, 3.8) is 0 Å². The van der Waals surface area contributed by atoms with E-state index in [0.717, 1.165) is 27.7 Å². The number of carbonyl (C=O) groups is 1. The number of anilines is 1. The summed E-state index contributed by atoms with van der Waals surface area (Å²) in [5.41, 5.74) is 4.28. The number of aliphatic hydroxyl groups is 1. The molecule has 0 saturated heterocycles. The molecule has 0 saturated carbocycles. The fraction of sp³-hybridized carbons (Fsp3) is 0.250. The van der Waals surface area contributed by atoms with Gasteiger partial charge < -0.3 is 24.4 Å². The second-order valence-electron chi connectivity index (χ2n) is 10.4. The number of aryl methyl sites for hydroxylation is 1. The zero-order chi connectivity index (χ0) is 32.2. The lowest BCUT2D eigenvalue weighted by molar-refractivity contribution is -0.192. The van der Waals surface area contributed by atoms with Crippen LogP contribution in [0.3, 0.4) is 0 Å². The Morgan fingerprint density at radius 3 is 2.14 bits per heavy atom. The van der Waals surface area contributed by atoms with Crippen LogP contribution in [-0.2, 0) is 17.4 Å². The van der Waals surface area contributed by atoms with Crippen LogP contribution < -0.4 is 9.64 Å². The number of pyridine rings is 2. The van der Waals surface area contributed by atoms with Crippen molar-refractivity contribution in [2.24, 2.45) is 7.05 Å². The van der Waals surface area contributed by atoms with Gasteiger partial charge in [-0.1, -0.05) is 36.4 Å². The molecule has 0 radical (unpaired) electrons. The highest BCUT2D eigenvalue weighted by Crippen LogP contribution is 2.44. The molecule has 0 bridgehead atoms. The van der Waals surface area contributed by atoms with Gasteiger partial charge >= 0.3 is 12.1 Å². The molecule has 44 heavy (non-hydrogen) atoms. The molecule has 0 spiro atoms. The fourth-order valence-corrected chi connectivity index (χ4v) is 4.85. The van der Waals surface area contributed by atoms with Crippen molar-refractivity contribution < 1.29 is 32.9 Å². The summed E-state index contributed by atoms with van der Waals surface area (Å²) in [6.45, 7) is 4.00. The van der Waals surface area contributed by atoms with E-state index < -0.39 is 17.7 Å². The molecule has 9 nitrogen and oxygen atoms in total. The Morgan fingerprint density at radius 1 is 0.977 bits per heavy atom. The highest BCUT2D eigenvalue weighted by atomic mass is 19.4. The molecule has 0 aliphatic heterocycles. The number of alkyl halides is 3. The number of nitrogens with zero attached hydrogens (tertiary/aromatic N) is 5. The summed E-state index contributed by atoms with van der Waals surface area (Å²) in [6.07, 6.45) is 1.65. The standard InChI is InChI=1S/C30H31N5O2.C2HF3O2/c1-20(2)37-29-27(21-9-7-6-8-10-21)28(34(3)4)24-17-23(11-12-25(24)33-29)30(36,22-13-15-31-16-14-22)26-18-32-19-35(26)5;3-2(4,5)1(6)7/h6-20,36H,1-5H3;(H,6,7). The van der Waals surface area contributed by atoms with Crippen molar-refractivity contribution in [3.8, 4) is 17.0 Å². The number of halogens is 3. The number of fused-ring (bicyclic) bond motifs is 1. The summed E-state index contributed by atoms with van der Waals surface area (Å²) in [7, 11) is 5.91. The molecular weight excluding hydrogens is 575 g/mol. The van der Waals surface area contributed by atoms with E-state index in [9.17, 15) is 18.3 Å². The van der Waals surface area contributed by atoms with Gasteiger partial charge in [0.15, 0.2) is 5.60 Å². The Labute approximate surface area is 252 Å². The Balaban J connectivity index is 0.000000566. The Morgan fingerprint density at radius 2 is 1.61 bits per heavy atom. The van der Waals surface area contributed by atoms with E-state index in [0.29, 0.717) is 22.7 Å². The first kappa shape index (κ1) is 32.0. The highest BCUT2D eigenvalue weighted by molar-refractivity contribution is 6.02. The third kappa shape index (κ3) is 6.50. The number of aromatic nitrogens is 4. The summed E-state index contributed by atoms with van der Waals surface area (Å²) in [4.78, 5) is 24.4. The molecule has 12 heteroatoms. The minimum absolute atomic E-state index is 0.0386. The van der Waals surface area contributed by atoms with E-state index in [-0.39, 0.29) is 6.10 Å². The van der Waals surface area contributed by atoms with E-state index in [4.69, 9.17) is 19.6 Å². The maximum absolute atomic E-state index is 12.4. The van der Waals surface area contributed by atoms with Gasteiger partial charge in [-0.25, -0.2) is 14.8 Å². The van der Waals surface area contributed by atoms with Crippen molar-refractivity contribution in [2.75, 3.05) is 19.0 Å². The maximum Gasteiger partial charge on any atom is 0.490 e. The minimum atomic E-state index is -5.08. The van der Waals surface area contributed by atoms with Crippen molar-refractivity contribution in [1.29, 1.82) is 0 Å². The molecule has 3 heterocycles. The summed E-state index contributed by atoms with van der Waals surface area (Å²) in [5, 5.41) is 20.4. The Hall–Kier alpha value is -4.97. The van der Waals surface area contributed by atoms with Gasteiger partial charge in [-0.3, -0.25) is 4.98 Å². The first-order chi connectivity index (χ1) is 20.7. The van der Waals surface area contributed by atoms with Crippen LogP contribution in [0.5, 0.6) is 5.88 Å². The number of imidazole rings is 1. The van der Waals surface area contributed by atoms with E-state index in [1.54, 1.807) is 24.9 Å². The van der Waals surface area contributed by atoms with Gasteiger partial charge in [0.05, 0.1) is 41.1 Å². The van der Waals surface area contributed by atoms with Crippen LogP contribution in [0.2, 0.25) is 0 Å². The number of carboxylic acids is 1. The first-order valence-corrected chi connectivity index (χ1v) is 13.5. The lowest BCUT2D eigenvalue weighted by Gasteiger charge is -2.30. The van der Waals surface area contributed by atoms with Gasteiger partial charge in [-0.2, -0.15) is 13.2 Å². The number of carboxylic acid groups (broad SMARTS) is 1. The van der Waals surface area contributed by atoms with E-state index >= 15 is 0 Å². The normalized spacial score (nSPS) is 12.8. The van der Waals surface area contributed by atoms with Gasteiger partial charge in [0.1, 0.15) is 0 Å². The molecule has 2 N–H and O–H groups in total. The third-order valence-electron chi connectivity index (χ3n) is 6.73. The van der Waals surface area contributed by atoms with Gasteiger partial charge in [-0.15, -0.1) is 0 Å². The van der Waals surface area contributed by atoms with E-state index in [2.05, 4.69) is 27.0 Å². The van der Waals surface area contributed by atoms with Crippen LogP contribution in [0.4, 0.5) is 18.9 Å².